The number of anilines is 1. The molecular weight excluding hydrogens is 378 g/mol. The molecule has 0 fully saturated rings. The highest BCUT2D eigenvalue weighted by atomic mass is 19.4. The number of hydrogen-bond donors (Lipinski definition) is 1. The van der Waals surface area contributed by atoms with E-state index in [2.05, 4.69) is 15.4 Å². The van der Waals surface area contributed by atoms with Gasteiger partial charge in [0.25, 0.3) is 0 Å². The number of nitrogens with one attached hydrogen (secondary N) is 1. The lowest BCUT2D eigenvalue weighted by Crippen LogP contribution is -2.43. The Kier molecular flexibility index (Phi) is 4.08. The molecule has 5 nitrogen and oxygen atoms in total. The summed E-state index contributed by atoms with van der Waals surface area (Å²) in [5, 5.41) is 5.54. The first-order valence-corrected chi connectivity index (χ1v) is 7.56. The molecule has 0 spiro atoms. The van der Waals surface area contributed by atoms with Crippen molar-refractivity contribution in [2.75, 3.05) is 5.32 Å². The molecule has 27 heavy (non-hydrogen) atoms. The van der Waals surface area contributed by atoms with Crippen molar-refractivity contribution in [3.63, 3.8) is 0 Å². The number of nitrogens with zero attached hydrogens (tertiary/aromatic N) is 3. The van der Waals surface area contributed by atoms with Crippen molar-refractivity contribution in [1.29, 1.82) is 0 Å². The lowest BCUT2D eigenvalue weighted by Gasteiger charge is -2.26. The van der Waals surface area contributed by atoms with Crippen LogP contribution in [0.3, 0.4) is 0 Å². The van der Waals surface area contributed by atoms with Crippen molar-refractivity contribution in [3.05, 3.63) is 41.7 Å². The number of fused-ring (bicyclic) bond motifs is 1. The molecule has 2 heterocycles. The van der Waals surface area contributed by atoms with Crippen LogP contribution in [0, 0.1) is 5.41 Å². The van der Waals surface area contributed by atoms with Crippen LogP contribution in [0.1, 0.15) is 25.2 Å². The smallest absolute Gasteiger partial charge is 0.308 e. The second kappa shape index (κ2) is 5.83. The van der Waals surface area contributed by atoms with Crippen LogP contribution in [0.15, 0.2) is 30.4 Å². The molecule has 0 unspecified atom stereocenters. The third-order valence-corrected chi connectivity index (χ3v) is 4.10. The Morgan fingerprint density at radius 2 is 1.74 bits per heavy atom. The van der Waals surface area contributed by atoms with Gasteiger partial charge in [-0.15, -0.1) is 0 Å². The molecule has 0 saturated carbocycles. The van der Waals surface area contributed by atoms with Crippen LogP contribution >= 0.6 is 0 Å². The Morgan fingerprint density at radius 1 is 1.11 bits per heavy atom. The number of rotatable bonds is 3. The van der Waals surface area contributed by atoms with Crippen molar-refractivity contribution in [2.24, 2.45) is 5.41 Å². The number of aromatic nitrogens is 3. The minimum atomic E-state index is -4.83. The number of allylic oxidation sites excluding steroid dienone is 4. The maximum absolute atomic E-state index is 13.1. The van der Waals surface area contributed by atoms with Crippen molar-refractivity contribution in [1.82, 2.24) is 14.6 Å². The van der Waals surface area contributed by atoms with Crippen LogP contribution in [-0.4, -0.2) is 26.7 Å². The minimum Gasteiger partial charge on any atom is -0.308 e. The van der Waals surface area contributed by atoms with Crippen molar-refractivity contribution in [2.45, 2.75) is 26.2 Å². The molecule has 3 rings (SSSR count). The molecule has 11 heteroatoms. The SMILES string of the molecule is CC(C)(C(=O)Nc1nc2ccc(C(F)(F)F)nn2c1C1=CC=C1)C(F)(F)F. The third-order valence-electron chi connectivity index (χ3n) is 4.10. The van der Waals surface area contributed by atoms with Crippen LogP contribution in [0.4, 0.5) is 32.2 Å². The zero-order chi connectivity index (χ0) is 20.2. The van der Waals surface area contributed by atoms with Gasteiger partial charge in [0, 0.05) is 5.57 Å². The van der Waals surface area contributed by atoms with Gasteiger partial charge in [-0.25, -0.2) is 9.50 Å². The molecule has 0 radical (unpaired) electrons. The number of halogens is 6. The third kappa shape index (κ3) is 3.17. The zero-order valence-electron chi connectivity index (χ0n) is 13.9. The summed E-state index contributed by atoms with van der Waals surface area (Å²) in [6.07, 6.45) is -4.95. The van der Waals surface area contributed by atoms with Crippen molar-refractivity contribution >= 4 is 22.9 Å². The monoisotopic (exact) mass is 390 g/mol. The second-order valence-corrected chi connectivity index (χ2v) is 6.35. The van der Waals surface area contributed by atoms with E-state index in [0.717, 1.165) is 10.6 Å². The van der Waals surface area contributed by atoms with E-state index in [0.29, 0.717) is 25.5 Å². The quantitative estimate of drug-likeness (QED) is 0.798. The maximum atomic E-state index is 13.1. The molecule has 0 aliphatic heterocycles. The van der Waals surface area contributed by atoms with E-state index in [9.17, 15) is 31.1 Å². The topological polar surface area (TPSA) is 59.3 Å². The summed E-state index contributed by atoms with van der Waals surface area (Å²) in [4.78, 5) is 16.1. The average molecular weight is 390 g/mol. The van der Waals surface area contributed by atoms with E-state index >= 15 is 0 Å². The van der Waals surface area contributed by atoms with E-state index in [1.54, 1.807) is 6.08 Å². The van der Waals surface area contributed by atoms with Crippen molar-refractivity contribution < 1.29 is 31.1 Å². The van der Waals surface area contributed by atoms with Gasteiger partial charge < -0.3 is 5.32 Å². The number of hydrogen-bond acceptors (Lipinski definition) is 3. The van der Waals surface area contributed by atoms with Gasteiger partial charge in [-0.05, 0) is 26.0 Å². The largest absolute Gasteiger partial charge is 0.435 e. The molecule has 2 aromatic rings. The lowest BCUT2D eigenvalue weighted by molar-refractivity contribution is -0.208. The normalized spacial score (nSPS) is 14.9. The Labute approximate surface area is 148 Å². The van der Waals surface area contributed by atoms with Gasteiger partial charge in [-0.2, -0.15) is 31.4 Å². The zero-order valence-corrected chi connectivity index (χ0v) is 13.9. The van der Waals surface area contributed by atoms with Crippen LogP contribution in [0.25, 0.3) is 11.2 Å². The number of amides is 1. The fourth-order valence-corrected chi connectivity index (χ4v) is 2.17. The van der Waals surface area contributed by atoms with Gasteiger partial charge >= 0.3 is 12.4 Å². The molecule has 1 N–H and O–H groups in total. The molecule has 0 bridgehead atoms. The first-order chi connectivity index (χ1) is 12.3. The molecule has 0 atom stereocenters. The predicted molar refractivity (Wildman–Crippen MR) is 83.6 cm³/mol. The predicted octanol–water partition coefficient (Wildman–Crippen LogP) is 4.23. The van der Waals surface area contributed by atoms with Gasteiger partial charge in [0.05, 0.1) is 0 Å². The van der Waals surface area contributed by atoms with Gasteiger partial charge in [-0.1, -0.05) is 18.2 Å². The van der Waals surface area contributed by atoms with Gasteiger partial charge in [0.15, 0.2) is 17.2 Å². The van der Waals surface area contributed by atoms with Crippen LogP contribution in [0.5, 0.6) is 0 Å². The summed E-state index contributed by atoms with van der Waals surface area (Å²) in [6, 6.07) is 1.72. The minimum absolute atomic E-state index is 0.0371. The maximum Gasteiger partial charge on any atom is 0.435 e. The number of carbonyl (C=O) groups is 1. The highest BCUT2D eigenvalue weighted by Gasteiger charge is 2.53. The number of alkyl halides is 6. The standard InChI is InChI=1S/C16H12F6N4O/c1-14(2,16(20,21)22)13(27)24-12-11(8-4-3-5-8)26-10(23-12)7-6-9(25-26)15(17,18)19/h3-7H,1-2H3,(H,24,27). The van der Waals surface area contributed by atoms with E-state index in [1.165, 1.54) is 12.2 Å². The highest BCUT2D eigenvalue weighted by Crippen LogP contribution is 2.39. The summed E-state index contributed by atoms with van der Waals surface area (Å²) < 4.78 is 78.8. The van der Waals surface area contributed by atoms with Crippen LogP contribution in [0.2, 0.25) is 0 Å². The van der Waals surface area contributed by atoms with Crippen LogP contribution in [-0.2, 0) is 11.0 Å². The molecule has 0 aromatic carbocycles. The summed E-state index contributed by atoms with van der Waals surface area (Å²) in [5.41, 5.74) is -3.65. The first kappa shape index (κ1) is 18.9. The summed E-state index contributed by atoms with van der Waals surface area (Å²) in [6.45, 7) is 1.39. The first-order valence-electron chi connectivity index (χ1n) is 7.56. The fourth-order valence-electron chi connectivity index (χ4n) is 2.17. The van der Waals surface area contributed by atoms with E-state index in [1.807, 2.05) is 0 Å². The van der Waals surface area contributed by atoms with Gasteiger partial charge in [-0.3, -0.25) is 4.79 Å². The van der Waals surface area contributed by atoms with Gasteiger partial charge in [0.2, 0.25) is 5.91 Å². The van der Waals surface area contributed by atoms with Gasteiger partial charge in [0.1, 0.15) is 11.1 Å². The number of imidazole rings is 1. The van der Waals surface area contributed by atoms with Crippen LogP contribution < -0.4 is 5.32 Å². The van der Waals surface area contributed by atoms with E-state index in [-0.39, 0.29) is 17.2 Å². The lowest BCUT2D eigenvalue weighted by atomic mass is 9.91. The Morgan fingerprint density at radius 3 is 2.22 bits per heavy atom. The van der Waals surface area contributed by atoms with E-state index in [4.69, 9.17) is 0 Å². The highest BCUT2D eigenvalue weighted by molar-refractivity contribution is 5.98. The molecule has 0 saturated heterocycles. The second-order valence-electron chi connectivity index (χ2n) is 6.35. The molecule has 1 aliphatic rings. The molecule has 2 aromatic heterocycles. The summed E-state index contributed by atoms with van der Waals surface area (Å²) in [5.74, 6) is -1.70. The van der Waals surface area contributed by atoms with E-state index < -0.39 is 29.4 Å². The molecule has 1 amide bonds. The molecular formula is C16H12F6N4O. The Bertz CT molecular complexity index is 981. The fraction of sp³-hybridized carbons (Fsp3) is 0.312. The molecule has 1 aliphatic carbocycles. The molecule has 144 valence electrons. The summed E-state index contributed by atoms with van der Waals surface area (Å²) >= 11 is 0. The van der Waals surface area contributed by atoms with Crippen molar-refractivity contribution in [3.8, 4) is 0 Å². The number of carbonyl (C=O) groups excluding carboxylic acids is 1. The Balaban J connectivity index is 2.09. The summed E-state index contributed by atoms with van der Waals surface area (Å²) in [7, 11) is 0. The Hall–Kier alpha value is -2.85. The average Bonchev–Trinajstić information content (AvgIpc) is 2.81.